The highest BCUT2D eigenvalue weighted by atomic mass is 16.5. The first-order valence-electron chi connectivity index (χ1n) is 4.42. The van der Waals surface area contributed by atoms with Crippen molar-refractivity contribution in [2.45, 2.75) is 6.42 Å². The van der Waals surface area contributed by atoms with Crippen molar-refractivity contribution in [1.82, 2.24) is 0 Å². The Bertz CT molecular complexity index is 318. The number of rotatable bonds is 4. The maximum atomic E-state index is 9.53. The molecule has 3 nitrogen and oxygen atoms in total. The van der Waals surface area contributed by atoms with E-state index in [9.17, 15) is 5.11 Å². The number of hydrogen-bond donors (Lipinski definition) is 2. The molecule has 0 aliphatic heterocycles. The van der Waals surface area contributed by atoms with Crippen LogP contribution in [0.5, 0.6) is 11.5 Å². The summed E-state index contributed by atoms with van der Waals surface area (Å²) < 4.78 is 4.95. The number of aliphatic hydroxyl groups is 1. The highest BCUT2D eigenvalue weighted by Gasteiger charge is 1.98. The smallest absolute Gasteiger partial charge is 0.126 e. The van der Waals surface area contributed by atoms with Crippen molar-refractivity contribution < 1.29 is 14.9 Å². The van der Waals surface area contributed by atoms with Crippen molar-refractivity contribution >= 4 is 6.08 Å². The van der Waals surface area contributed by atoms with Crippen molar-refractivity contribution in [3.05, 3.63) is 29.8 Å². The largest absolute Gasteiger partial charge is 0.507 e. The molecule has 1 rings (SSSR count). The maximum Gasteiger partial charge on any atom is 0.126 e. The van der Waals surface area contributed by atoms with E-state index in [-0.39, 0.29) is 12.4 Å². The minimum atomic E-state index is 0.118. The maximum absolute atomic E-state index is 9.53. The van der Waals surface area contributed by atoms with Gasteiger partial charge >= 0.3 is 0 Å². The zero-order chi connectivity index (χ0) is 10.4. The zero-order valence-corrected chi connectivity index (χ0v) is 8.10. The average molecular weight is 194 g/mol. The molecule has 0 fully saturated rings. The van der Waals surface area contributed by atoms with E-state index in [1.54, 1.807) is 31.4 Å². The van der Waals surface area contributed by atoms with Crippen LogP contribution in [-0.4, -0.2) is 23.9 Å². The van der Waals surface area contributed by atoms with Gasteiger partial charge in [-0.2, -0.15) is 0 Å². The number of aliphatic hydroxyl groups excluding tert-OH is 1. The van der Waals surface area contributed by atoms with Crippen molar-refractivity contribution in [2.75, 3.05) is 13.7 Å². The summed E-state index contributed by atoms with van der Waals surface area (Å²) in [6.07, 6.45) is 4.16. The molecule has 1 aromatic rings. The molecule has 0 bridgehead atoms. The van der Waals surface area contributed by atoms with Gasteiger partial charge in [0.25, 0.3) is 0 Å². The Morgan fingerprint density at radius 2 is 2.21 bits per heavy atom. The Balaban J connectivity index is 2.78. The summed E-state index contributed by atoms with van der Waals surface area (Å²) in [5.41, 5.74) is 0.722. The van der Waals surface area contributed by atoms with Crippen LogP contribution < -0.4 is 4.74 Å². The van der Waals surface area contributed by atoms with E-state index >= 15 is 0 Å². The van der Waals surface area contributed by atoms with E-state index in [1.165, 1.54) is 0 Å². The average Bonchev–Trinajstić information content (AvgIpc) is 2.20. The molecule has 1 aromatic carbocycles. The second-order valence-corrected chi connectivity index (χ2v) is 2.84. The molecule has 0 amide bonds. The third-order valence-corrected chi connectivity index (χ3v) is 1.83. The summed E-state index contributed by atoms with van der Waals surface area (Å²) in [6, 6.07) is 5.10. The van der Waals surface area contributed by atoms with Crippen LogP contribution in [-0.2, 0) is 0 Å². The number of hydrogen-bond acceptors (Lipinski definition) is 3. The lowest BCUT2D eigenvalue weighted by Crippen LogP contribution is -1.83. The van der Waals surface area contributed by atoms with Gasteiger partial charge in [0, 0.05) is 18.2 Å². The van der Waals surface area contributed by atoms with Crippen molar-refractivity contribution in [1.29, 1.82) is 0 Å². The zero-order valence-electron chi connectivity index (χ0n) is 8.10. The van der Waals surface area contributed by atoms with Gasteiger partial charge in [-0.1, -0.05) is 12.2 Å². The normalized spacial score (nSPS) is 10.7. The lowest BCUT2D eigenvalue weighted by atomic mass is 10.1. The summed E-state index contributed by atoms with van der Waals surface area (Å²) in [6.45, 7) is 0.118. The van der Waals surface area contributed by atoms with E-state index < -0.39 is 0 Å². The number of benzene rings is 1. The predicted molar refractivity (Wildman–Crippen MR) is 55.4 cm³/mol. The van der Waals surface area contributed by atoms with Gasteiger partial charge in [0.1, 0.15) is 11.5 Å². The van der Waals surface area contributed by atoms with E-state index in [2.05, 4.69) is 0 Å². The Labute approximate surface area is 83.3 Å². The molecular weight excluding hydrogens is 180 g/mol. The molecule has 0 heterocycles. The molecule has 0 aliphatic carbocycles. The topological polar surface area (TPSA) is 49.7 Å². The van der Waals surface area contributed by atoms with Crippen LogP contribution in [0.15, 0.2) is 24.3 Å². The molecule has 0 aromatic heterocycles. The van der Waals surface area contributed by atoms with Gasteiger partial charge in [0.15, 0.2) is 0 Å². The fraction of sp³-hybridized carbons (Fsp3) is 0.273. The van der Waals surface area contributed by atoms with Gasteiger partial charge in [0.2, 0.25) is 0 Å². The SMILES string of the molecule is COc1ccc(C=CCCO)c(O)c1. The van der Waals surface area contributed by atoms with Gasteiger partial charge in [-0.25, -0.2) is 0 Å². The van der Waals surface area contributed by atoms with Crippen LogP contribution in [0, 0.1) is 0 Å². The van der Waals surface area contributed by atoms with Crippen molar-refractivity contribution in [3.8, 4) is 11.5 Å². The number of phenols is 1. The van der Waals surface area contributed by atoms with Gasteiger partial charge in [-0.15, -0.1) is 0 Å². The molecule has 76 valence electrons. The molecule has 0 spiro atoms. The second kappa shape index (κ2) is 5.29. The molecule has 2 N–H and O–H groups in total. The van der Waals surface area contributed by atoms with Gasteiger partial charge in [-0.05, 0) is 18.6 Å². The molecule has 14 heavy (non-hydrogen) atoms. The van der Waals surface area contributed by atoms with Gasteiger partial charge in [0.05, 0.1) is 7.11 Å². The van der Waals surface area contributed by atoms with Crippen LogP contribution in [0.25, 0.3) is 6.08 Å². The van der Waals surface area contributed by atoms with Crippen LogP contribution in [0.3, 0.4) is 0 Å². The minimum absolute atomic E-state index is 0.118. The second-order valence-electron chi connectivity index (χ2n) is 2.84. The first-order valence-corrected chi connectivity index (χ1v) is 4.42. The van der Waals surface area contributed by atoms with Crippen molar-refractivity contribution in [2.24, 2.45) is 0 Å². The Morgan fingerprint density at radius 1 is 1.43 bits per heavy atom. The molecule has 0 atom stereocenters. The van der Waals surface area contributed by atoms with Crippen LogP contribution in [0.1, 0.15) is 12.0 Å². The number of ether oxygens (including phenoxy) is 1. The molecule has 0 aliphatic rings. The molecule has 0 unspecified atom stereocenters. The first-order chi connectivity index (χ1) is 6.77. The molecule has 3 heteroatoms. The highest BCUT2D eigenvalue weighted by molar-refractivity contribution is 5.58. The van der Waals surface area contributed by atoms with Gasteiger partial charge in [-0.3, -0.25) is 0 Å². The standard InChI is InChI=1S/C11H14O3/c1-14-10-6-5-9(11(13)8-10)4-2-3-7-12/h2,4-6,8,12-13H,3,7H2,1H3. The lowest BCUT2D eigenvalue weighted by molar-refractivity contribution is 0.303. The van der Waals surface area contributed by atoms with Crippen LogP contribution in [0.2, 0.25) is 0 Å². The molecule has 0 radical (unpaired) electrons. The fourth-order valence-corrected chi connectivity index (χ4v) is 1.08. The third-order valence-electron chi connectivity index (χ3n) is 1.83. The summed E-state index contributed by atoms with van der Waals surface area (Å²) >= 11 is 0. The predicted octanol–water partition coefficient (Wildman–Crippen LogP) is 1.80. The summed E-state index contributed by atoms with van der Waals surface area (Å²) in [5, 5.41) is 18.1. The fourth-order valence-electron chi connectivity index (χ4n) is 1.08. The van der Waals surface area contributed by atoms with Crippen molar-refractivity contribution in [3.63, 3.8) is 0 Å². The summed E-state index contributed by atoms with van der Waals surface area (Å²) in [4.78, 5) is 0. The third kappa shape index (κ3) is 2.78. The monoisotopic (exact) mass is 194 g/mol. The van der Waals surface area contributed by atoms with Crippen LogP contribution in [0.4, 0.5) is 0 Å². The number of methoxy groups -OCH3 is 1. The summed E-state index contributed by atoms with van der Waals surface area (Å²) in [7, 11) is 1.55. The molecule has 0 saturated heterocycles. The minimum Gasteiger partial charge on any atom is -0.507 e. The Morgan fingerprint density at radius 3 is 2.79 bits per heavy atom. The van der Waals surface area contributed by atoms with E-state index in [0.717, 1.165) is 5.56 Å². The van der Waals surface area contributed by atoms with Gasteiger partial charge < -0.3 is 14.9 Å². The quantitative estimate of drug-likeness (QED) is 0.768. The highest BCUT2D eigenvalue weighted by Crippen LogP contribution is 2.24. The number of aromatic hydroxyl groups is 1. The van der Waals surface area contributed by atoms with E-state index in [1.807, 2.05) is 6.08 Å². The molecular formula is C11H14O3. The van der Waals surface area contributed by atoms with E-state index in [4.69, 9.17) is 9.84 Å². The number of phenolic OH excluding ortho intramolecular Hbond substituents is 1. The lowest BCUT2D eigenvalue weighted by Gasteiger charge is -2.02. The molecule has 0 saturated carbocycles. The summed E-state index contributed by atoms with van der Waals surface area (Å²) in [5.74, 6) is 0.806. The first kappa shape index (κ1) is 10.6. The van der Waals surface area contributed by atoms with Crippen LogP contribution >= 0.6 is 0 Å². The van der Waals surface area contributed by atoms with E-state index in [0.29, 0.717) is 12.2 Å². The Hall–Kier alpha value is -1.48. The Kier molecular flexibility index (Phi) is 4.01.